The molecule has 6 heteroatoms. The molecule has 0 fully saturated rings. The lowest BCUT2D eigenvalue weighted by molar-refractivity contribution is 0.448. The van der Waals surface area contributed by atoms with Crippen LogP contribution in [0.15, 0.2) is 16.9 Å². The Morgan fingerprint density at radius 2 is 2.38 bits per heavy atom. The van der Waals surface area contributed by atoms with Gasteiger partial charge < -0.3 is 15.6 Å². The van der Waals surface area contributed by atoms with Gasteiger partial charge in [0.2, 0.25) is 5.95 Å². The topological polar surface area (TPSA) is 89.9 Å². The van der Waals surface area contributed by atoms with Gasteiger partial charge in [0.25, 0.3) is 5.71 Å². The zero-order chi connectivity index (χ0) is 9.10. The molecule has 0 spiro atoms. The van der Waals surface area contributed by atoms with Gasteiger partial charge in [0.1, 0.15) is 0 Å². The molecule has 0 aliphatic carbocycles. The Labute approximate surface area is 74.1 Å². The molecule has 2 aromatic rings. The second kappa shape index (κ2) is 3.36. The van der Waals surface area contributed by atoms with Crippen LogP contribution in [-0.2, 0) is 0 Å². The van der Waals surface area contributed by atoms with E-state index in [2.05, 4.69) is 20.4 Å². The molecule has 0 aliphatic rings. The molecule has 0 bridgehead atoms. The fourth-order valence-electron chi connectivity index (χ4n) is 0.939. The Bertz CT molecular complexity index is 398. The summed E-state index contributed by atoms with van der Waals surface area (Å²) in [5.41, 5.74) is 5.80. The standard InChI is InChI=1S/C7H9N5O/c8-1-2-9-7-10-3-5-4-11-13-6(5)12-7/h3-4H,1-2,8H2,(H,9,10,12). The van der Waals surface area contributed by atoms with Gasteiger partial charge in [-0.25, -0.2) is 4.98 Å². The number of hydrogen-bond acceptors (Lipinski definition) is 6. The van der Waals surface area contributed by atoms with Crippen LogP contribution in [0.4, 0.5) is 5.95 Å². The average Bonchev–Trinajstić information content (AvgIpc) is 2.61. The van der Waals surface area contributed by atoms with Gasteiger partial charge >= 0.3 is 0 Å². The van der Waals surface area contributed by atoms with Crippen LogP contribution in [0.2, 0.25) is 0 Å². The van der Waals surface area contributed by atoms with Crippen molar-refractivity contribution in [1.82, 2.24) is 15.1 Å². The third-order valence-corrected chi connectivity index (χ3v) is 1.54. The molecule has 0 saturated carbocycles. The monoisotopic (exact) mass is 179 g/mol. The summed E-state index contributed by atoms with van der Waals surface area (Å²) in [6, 6.07) is 0. The summed E-state index contributed by atoms with van der Waals surface area (Å²) in [6.07, 6.45) is 3.22. The number of aromatic nitrogens is 3. The van der Waals surface area contributed by atoms with Crippen molar-refractivity contribution in [3.8, 4) is 0 Å². The first-order valence-corrected chi connectivity index (χ1v) is 3.91. The lowest BCUT2D eigenvalue weighted by Crippen LogP contribution is -2.14. The molecule has 0 aromatic carbocycles. The molecule has 2 rings (SSSR count). The van der Waals surface area contributed by atoms with E-state index in [1.165, 1.54) is 0 Å². The van der Waals surface area contributed by atoms with Crippen molar-refractivity contribution in [2.24, 2.45) is 5.73 Å². The van der Waals surface area contributed by atoms with Crippen LogP contribution in [0, 0.1) is 0 Å². The van der Waals surface area contributed by atoms with Crippen molar-refractivity contribution in [2.75, 3.05) is 18.4 Å². The zero-order valence-electron chi connectivity index (χ0n) is 6.90. The van der Waals surface area contributed by atoms with Crippen LogP contribution >= 0.6 is 0 Å². The van der Waals surface area contributed by atoms with Gasteiger partial charge in [0, 0.05) is 19.3 Å². The highest BCUT2D eigenvalue weighted by atomic mass is 16.5. The zero-order valence-corrected chi connectivity index (χ0v) is 6.90. The summed E-state index contributed by atoms with van der Waals surface area (Å²) in [4.78, 5) is 8.10. The van der Waals surface area contributed by atoms with Crippen molar-refractivity contribution in [3.63, 3.8) is 0 Å². The number of rotatable bonds is 3. The maximum absolute atomic E-state index is 5.32. The van der Waals surface area contributed by atoms with Crippen molar-refractivity contribution >= 4 is 17.0 Å². The maximum Gasteiger partial charge on any atom is 0.262 e. The summed E-state index contributed by atoms with van der Waals surface area (Å²) in [7, 11) is 0. The normalized spacial score (nSPS) is 10.5. The van der Waals surface area contributed by atoms with Gasteiger partial charge in [0.15, 0.2) is 0 Å². The van der Waals surface area contributed by atoms with E-state index in [1.54, 1.807) is 12.4 Å². The van der Waals surface area contributed by atoms with Crippen molar-refractivity contribution in [2.45, 2.75) is 0 Å². The summed E-state index contributed by atoms with van der Waals surface area (Å²) >= 11 is 0. The molecule has 0 saturated heterocycles. The Morgan fingerprint density at radius 3 is 3.23 bits per heavy atom. The second-order valence-electron chi connectivity index (χ2n) is 2.50. The predicted molar refractivity (Wildman–Crippen MR) is 47.1 cm³/mol. The minimum absolute atomic E-state index is 0.481. The van der Waals surface area contributed by atoms with Gasteiger partial charge in [0.05, 0.1) is 11.6 Å². The fraction of sp³-hybridized carbons (Fsp3) is 0.286. The molecular weight excluding hydrogens is 170 g/mol. The van der Waals surface area contributed by atoms with Gasteiger partial charge in [-0.2, -0.15) is 4.98 Å². The number of nitrogens with zero attached hydrogens (tertiary/aromatic N) is 3. The highest BCUT2D eigenvalue weighted by Gasteiger charge is 2.01. The molecule has 3 N–H and O–H groups in total. The van der Waals surface area contributed by atoms with E-state index in [0.29, 0.717) is 24.8 Å². The molecule has 6 nitrogen and oxygen atoms in total. The molecule has 0 radical (unpaired) electrons. The predicted octanol–water partition coefficient (Wildman–Crippen LogP) is -0.0116. The van der Waals surface area contributed by atoms with Gasteiger partial charge in [-0.1, -0.05) is 5.16 Å². The van der Waals surface area contributed by atoms with Crippen molar-refractivity contribution < 1.29 is 4.52 Å². The van der Waals surface area contributed by atoms with E-state index in [-0.39, 0.29) is 0 Å². The van der Waals surface area contributed by atoms with E-state index >= 15 is 0 Å². The summed E-state index contributed by atoms with van der Waals surface area (Å²) in [6.45, 7) is 1.18. The third-order valence-electron chi connectivity index (χ3n) is 1.54. The maximum atomic E-state index is 5.32. The first-order chi connectivity index (χ1) is 6.40. The molecule has 0 unspecified atom stereocenters. The minimum atomic E-state index is 0.481. The van der Waals surface area contributed by atoms with Crippen LogP contribution in [0.1, 0.15) is 0 Å². The molecule has 0 amide bonds. The Hall–Kier alpha value is -1.69. The van der Waals surface area contributed by atoms with Crippen LogP contribution in [0.5, 0.6) is 0 Å². The number of anilines is 1. The molecule has 2 heterocycles. The van der Waals surface area contributed by atoms with E-state index in [9.17, 15) is 0 Å². The van der Waals surface area contributed by atoms with E-state index < -0.39 is 0 Å². The van der Waals surface area contributed by atoms with Crippen molar-refractivity contribution in [3.05, 3.63) is 12.4 Å². The molecule has 0 aliphatic heterocycles. The minimum Gasteiger partial charge on any atom is -0.353 e. The quantitative estimate of drug-likeness (QED) is 0.688. The first kappa shape index (κ1) is 7.93. The largest absolute Gasteiger partial charge is 0.353 e. The lowest BCUT2D eigenvalue weighted by Gasteiger charge is -1.99. The van der Waals surface area contributed by atoms with Crippen LogP contribution < -0.4 is 11.1 Å². The van der Waals surface area contributed by atoms with E-state index in [1.807, 2.05) is 0 Å². The molecular formula is C7H9N5O. The Balaban J connectivity index is 2.26. The fourth-order valence-corrected chi connectivity index (χ4v) is 0.939. The number of hydrogen-bond donors (Lipinski definition) is 2. The number of fused-ring (bicyclic) bond motifs is 1. The second-order valence-corrected chi connectivity index (χ2v) is 2.50. The average molecular weight is 179 g/mol. The van der Waals surface area contributed by atoms with E-state index in [4.69, 9.17) is 10.3 Å². The smallest absolute Gasteiger partial charge is 0.262 e. The van der Waals surface area contributed by atoms with Gasteiger partial charge in [-0.3, -0.25) is 0 Å². The van der Waals surface area contributed by atoms with Gasteiger partial charge in [-0.05, 0) is 0 Å². The van der Waals surface area contributed by atoms with Crippen molar-refractivity contribution in [1.29, 1.82) is 0 Å². The number of nitrogens with two attached hydrogens (primary N) is 1. The van der Waals surface area contributed by atoms with Crippen LogP contribution in [-0.4, -0.2) is 28.2 Å². The highest BCUT2D eigenvalue weighted by Crippen LogP contribution is 2.10. The first-order valence-electron chi connectivity index (χ1n) is 3.91. The molecule has 2 aromatic heterocycles. The Kier molecular flexibility index (Phi) is 2.05. The molecule has 13 heavy (non-hydrogen) atoms. The van der Waals surface area contributed by atoms with Crippen LogP contribution in [0.25, 0.3) is 11.1 Å². The van der Waals surface area contributed by atoms with Crippen LogP contribution in [0.3, 0.4) is 0 Å². The third kappa shape index (κ3) is 1.57. The summed E-state index contributed by atoms with van der Waals surface area (Å²) in [5, 5.41) is 7.32. The summed E-state index contributed by atoms with van der Waals surface area (Å²) < 4.78 is 4.87. The molecule has 68 valence electrons. The highest BCUT2D eigenvalue weighted by molar-refractivity contribution is 5.71. The molecule has 0 atom stereocenters. The van der Waals surface area contributed by atoms with Gasteiger partial charge in [-0.15, -0.1) is 0 Å². The SMILES string of the molecule is NCCNc1ncc2cnoc2n1. The Morgan fingerprint density at radius 1 is 1.46 bits per heavy atom. The summed E-state index contributed by atoms with van der Waals surface area (Å²) in [5.74, 6) is 0.509. The van der Waals surface area contributed by atoms with E-state index in [0.717, 1.165) is 5.39 Å². The number of nitrogens with one attached hydrogen (secondary N) is 1. The lowest BCUT2D eigenvalue weighted by atomic mass is 10.5.